The average Bonchev–Trinajstić information content (AvgIpc) is 2.80. The molecule has 6 heteroatoms. The lowest BCUT2D eigenvalue weighted by atomic mass is 10.1. The van der Waals surface area contributed by atoms with Gasteiger partial charge in [-0.1, -0.05) is 83.0 Å². The van der Waals surface area contributed by atoms with Crippen LogP contribution in [0.15, 0.2) is 24.3 Å². The first kappa shape index (κ1) is 33.6. The van der Waals surface area contributed by atoms with Crippen molar-refractivity contribution in [1.29, 1.82) is 0 Å². The minimum Gasteiger partial charge on any atom is -0.465 e. The van der Waals surface area contributed by atoms with Gasteiger partial charge in [-0.05, 0) is 63.8 Å². The van der Waals surface area contributed by atoms with E-state index in [2.05, 4.69) is 56.2 Å². The van der Waals surface area contributed by atoms with Crippen molar-refractivity contribution in [2.75, 3.05) is 13.2 Å². The summed E-state index contributed by atoms with van der Waals surface area (Å²) in [5.74, 6) is -0.167. The Labute approximate surface area is 217 Å². The summed E-state index contributed by atoms with van der Waals surface area (Å²) in [5.41, 5.74) is 5.92. The summed E-state index contributed by atoms with van der Waals surface area (Å²) in [6.45, 7) is 10.1. The number of esters is 1. The van der Waals surface area contributed by atoms with E-state index in [1.54, 1.807) is 0 Å². The van der Waals surface area contributed by atoms with Crippen LogP contribution in [0.5, 0.6) is 0 Å². The van der Waals surface area contributed by atoms with Crippen molar-refractivity contribution in [3.8, 4) is 0 Å². The zero-order valence-corrected chi connectivity index (χ0v) is 24.4. The lowest BCUT2D eigenvalue weighted by Crippen LogP contribution is -2.34. The van der Waals surface area contributed by atoms with Crippen LogP contribution in [0, 0.1) is 0 Å². The van der Waals surface area contributed by atoms with E-state index in [-0.39, 0.29) is 11.9 Å². The Morgan fingerprint density at radius 2 is 1.49 bits per heavy atom. The highest BCUT2D eigenvalue weighted by atomic mass is 28.3. The number of unbranched alkanes of at least 4 members (excludes halogenated alkanes) is 9. The minimum atomic E-state index is -1.20. The molecule has 0 aliphatic carbocycles. The highest BCUT2D eigenvalue weighted by molar-refractivity contribution is 6.76. The van der Waals surface area contributed by atoms with Gasteiger partial charge in [-0.25, -0.2) is 0 Å². The van der Waals surface area contributed by atoms with E-state index >= 15 is 0 Å². The SMILES string of the molecule is CCCCCC=CCC=CCCCCCCCC(=O)NCCCC[C@H](N)C(=O)OCC[Si](C)(C)C. The zero-order chi connectivity index (χ0) is 26.2. The fourth-order valence-electron chi connectivity index (χ4n) is 3.59. The Morgan fingerprint density at radius 1 is 0.857 bits per heavy atom. The molecule has 35 heavy (non-hydrogen) atoms. The molecule has 0 aromatic rings. The van der Waals surface area contributed by atoms with E-state index in [4.69, 9.17) is 10.5 Å². The van der Waals surface area contributed by atoms with Crippen LogP contribution in [0.2, 0.25) is 25.7 Å². The second-order valence-corrected chi connectivity index (χ2v) is 16.5. The lowest BCUT2D eigenvalue weighted by Gasteiger charge is -2.17. The largest absolute Gasteiger partial charge is 0.465 e. The van der Waals surface area contributed by atoms with Crippen LogP contribution >= 0.6 is 0 Å². The Morgan fingerprint density at radius 3 is 2.14 bits per heavy atom. The van der Waals surface area contributed by atoms with Crippen LogP contribution in [-0.2, 0) is 14.3 Å². The average molecular weight is 509 g/mol. The molecule has 1 amide bonds. The van der Waals surface area contributed by atoms with Crippen LogP contribution in [0.1, 0.15) is 103 Å². The molecule has 3 N–H and O–H groups in total. The molecule has 1 atom stereocenters. The van der Waals surface area contributed by atoms with Gasteiger partial charge < -0.3 is 15.8 Å². The van der Waals surface area contributed by atoms with Gasteiger partial charge in [-0.15, -0.1) is 0 Å². The van der Waals surface area contributed by atoms with Crippen molar-refractivity contribution in [3.05, 3.63) is 24.3 Å². The summed E-state index contributed by atoms with van der Waals surface area (Å²) in [6.07, 6.45) is 25.1. The molecule has 0 radical (unpaired) electrons. The van der Waals surface area contributed by atoms with Crippen LogP contribution in [-0.4, -0.2) is 39.1 Å². The van der Waals surface area contributed by atoms with Crippen LogP contribution in [0.4, 0.5) is 0 Å². The van der Waals surface area contributed by atoms with Gasteiger partial charge in [-0.3, -0.25) is 9.59 Å². The molecule has 0 aliphatic heterocycles. The molecule has 0 aliphatic rings. The number of hydrogen-bond acceptors (Lipinski definition) is 4. The smallest absolute Gasteiger partial charge is 0.322 e. The Hall–Kier alpha value is -1.40. The molecule has 0 aromatic carbocycles. The molecule has 5 nitrogen and oxygen atoms in total. The second kappa shape index (κ2) is 23.0. The van der Waals surface area contributed by atoms with Crippen molar-refractivity contribution >= 4 is 20.0 Å². The third kappa shape index (κ3) is 25.5. The molecular weight excluding hydrogens is 452 g/mol. The second-order valence-electron chi connectivity index (χ2n) is 10.9. The summed E-state index contributed by atoms with van der Waals surface area (Å²) in [6, 6.07) is 0.409. The van der Waals surface area contributed by atoms with E-state index in [1.165, 1.54) is 44.9 Å². The fraction of sp³-hybridized carbons (Fsp3) is 0.793. The number of nitrogens with one attached hydrogen (secondary N) is 1. The van der Waals surface area contributed by atoms with Crippen LogP contribution in [0.3, 0.4) is 0 Å². The van der Waals surface area contributed by atoms with E-state index in [1.807, 2.05) is 0 Å². The minimum absolute atomic E-state index is 0.130. The first-order valence-electron chi connectivity index (χ1n) is 14.2. The molecule has 0 unspecified atom stereocenters. The Balaban J connectivity index is 3.49. The van der Waals surface area contributed by atoms with Gasteiger partial charge in [0.2, 0.25) is 5.91 Å². The number of nitrogens with two attached hydrogens (primary N) is 1. The lowest BCUT2D eigenvalue weighted by molar-refractivity contribution is -0.144. The monoisotopic (exact) mass is 508 g/mol. The molecule has 0 saturated heterocycles. The first-order valence-corrected chi connectivity index (χ1v) is 18.0. The third-order valence-corrected chi connectivity index (χ3v) is 7.72. The summed E-state index contributed by atoms with van der Waals surface area (Å²) >= 11 is 0. The molecule has 0 saturated carbocycles. The van der Waals surface area contributed by atoms with Crippen molar-refractivity contribution in [2.24, 2.45) is 5.73 Å². The maximum absolute atomic E-state index is 12.0. The topological polar surface area (TPSA) is 81.4 Å². The number of carbonyl (C=O) groups excluding carboxylic acids is 2. The predicted octanol–water partition coefficient (Wildman–Crippen LogP) is 7.30. The highest BCUT2D eigenvalue weighted by Crippen LogP contribution is 2.10. The predicted molar refractivity (Wildman–Crippen MR) is 153 cm³/mol. The van der Waals surface area contributed by atoms with Gasteiger partial charge in [0.15, 0.2) is 0 Å². The maximum atomic E-state index is 12.0. The van der Waals surface area contributed by atoms with Gasteiger partial charge >= 0.3 is 5.97 Å². The van der Waals surface area contributed by atoms with Gasteiger partial charge in [0, 0.05) is 21.0 Å². The first-order chi connectivity index (χ1) is 16.8. The van der Waals surface area contributed by atoms with Gasteiger partial charge in [0.1, 0.15) is 6.04 Å². The molecule has 0 rings (SSSR count). The van der Waals surface area contributed by atoms with E-state index < -0.39 is 14.1 Å². The molecule has 0 fully saturated rings. The van der Waals surface area contributed by atoms with Crippen LogP contribution < -0.4 is 11.1 Å². The molecule has 0 heterocycles. The quantitative estimate of drug-likeness (QED) is 0.0657. The highest BCUT2D eigenvalue weighted by Gasteiger charge is 2.17. The normalized spacial score (nSPS) is 12.9. The zero-order valence-electron chi connectivity index (χ0n) is 23.4. The molecular formula is C29H56N2O3Si. The summed E-state index contributed by atoms with van der Waals surface area (Å²) in [7, 11) is -1.20. The summed E-state index contributed by atoms with van der Waals surface area (Å²) in [5, 5.41) is 2.98. The van der Waals surface area contributed by atoms with Gasteiger partial charge in [0.25, 0.3) is 0 Å². The number of ether oxygens (including phenoxy) is 1. The number of carbonyl (C=O) groups is 2. The Bertz CT molecular complexity index is 585. The van der Waals surface area contributed by atoms with Gasteiger partial charge in [0.05, 0.1) is 6.61 Å². The number of rotatable bonds is 23. The van der Waals surface area contributed by atoms with Crippen LogP contribution in [0.25, 0.3) is 0 Å². The summed E-state index contributed by atoms with van der Waals surface area (Å²) < 4.78 is 5.29. The van der Waals surface area contributed by atoms with E-state index in [0.29, 0.717) is 26.0 Å². The molecule has 0 spiro atoms. The number of hydrogen-bond donors (Lipinski definition) is 2. The maximum Gasteiger partial charge on any atom is 0.322 e. The third-order valence-electron chi connectivity index (χ3n) is 6.02. The van der Waals surface area contributed by atoms with Crippen molar-refractivity contribution < 1.29 is 14.3 Å². The van der Waals surface area contributed by atoms with Crippen molar-refractivity contribution in [3.63, 3.8) is 0 Å². The number of amides is 1. The summed E-state index contributed by atoms with van der Waals surface area (Å²) in [4.78, 5) is 23.9. The standard InChI is InChI=1S/C29H56N2O3Si/c1-5-6-7-8-9-10-11-12-13-14-15-16-17-18-19-23-28(32)31-24-21-20-22-27(30)29(33)34-25-26-35(2,3)4/h9-10,12-13,27H,5-8,11,14-26,30H2,1-4H3,(H,31,32)/t27-/m0/s1. The fourth-order valence-corrected chi connectivity index (χ4v) is 4.30. The molecule has 0 aromatic heterocycles. The van der Waals surface area contributed by atoms with Crippen molar-refractivity contribution in [2.45, 2.75) is 135 Å². The molecule has 0 bridgehead atoms. The van der Waals surface area contributed by atoms with E-state index in [0.717, 1.165) is 44.6 Å². The van der Waals surface area contributed by atoms with Gasteiger partial charge in [-0.2, -0.15) is 0 Å². The number of allylic oxidation sites excluding steroid dienone is 4. The van der Waals surface area contributed by atoms with E-state index in [9.17, 15) is 9.59 Å². The van der Waals surface area contributed by atoms with Crippen molar-refractivity contribution in [1.82, 2.24) is 5.32 Å². The Kier molecular flexibility index (Phi) is 22.1. The molecule has 204 valence electrons.